The fraction of sp³-hybridized carbons (Fsp3) is 0.250. The van der Waals surface area contributed by atoms with Crippen molar-refractivity contribution in [2.45, 2.75) is 20.4 Å². The van der Waals surface area contributed by atoms with E-state index in [4.69, 9.17) is 0 Å². The lowest BCUT2D eigenvalue weighted by Crippen LogP contribution is -2.47. The zero-order valence-electron chi connectivity index (χ0n) is 19.6. The lowest BCUT2D eigenvalue weighted by Gasteiger charge is -2.37. The molecule has 0 bridgehead atoms. The van der Waals surface area contributed by atoms with Gasteiger partial charge in [0.2, 0.25) is 0 Å². The van der Waals surface area contributed by atoms with Gasteiger partial charge >= 0.3 is 0 Å². The van der Waals surface area contributed by atoms with E-state index in [0.29, 0.717) is 24.4 Å². The number of anilines is 1. The largest absolute Gasteiger partial charge is 0.368 e. The van der Waals surface area contributed by atoms with E-state index in [1.165, 1.54) is 16.2 Å². The number of pyridine rings is 1. The van der Waals surface area contributed by atoms with Crippen molar-refractivity contribution >= 4 is 23.1 Å². The van der Waals surface area contributed by atoms with Crippen LogP contribution in [0.2, 0.25) is 0 Å². The molecular formula is C28H28N4O2. The number of aromatic nitrogens is 1. The number of rotatable bonds is 5. The molecule has 0 saturated carbocycles. The van der Waals surface area contributed by atoms with Gasteiger partial charge in [0.1, 0.15) is 5.70 Å². The molecule has 2 aliphatic heterocycles. The van der Waals surface area contributed by atoms with E-state index in [1.807, 2.05) is 43.3 Å². The molecule has 2 amide bonds. The average molecular weight is 453 g/mol. The number of imide groups is 1. The van der Waals surface area contributed by atoms with Gasteiger partial charge in [-0.15, -0.1) is 0 Å². The first kappa shape index (κ1) is 21.9. The van der Waals surface area contributed by atoms with Crippen molar-refractivity contribution in [1.29, 1.82) is 0 Å². The molecule has 1 fully saturated rings. The van der Waals surface area contributed by atoms with E-state index in [1.54, 1.807) is 12.4 Å². The highest BCUT2D eigenvalue weighted by molar-refractivity contribution is 6.35. The summed E-state index contributed by atoms with van der Waals surface area (Å²) in [6, 6.07) is 20.0. The van der Waals surface area contributed by atoms with Gasteiger partial charge in [0.15, 0.2) is 0 Å². The van der Waals surface area contributed by atoms with Crippen molar-refractivity contribution in [2.75, 3.05) is 31.1 Å². The van der Waals surface area contributed by atoms with E-state index in [0.717, 1.165) is 29.8 Å². The SMILES string of the molecule is Cc1ccc(C2=C(N3CCN(c4cccc(C)c4)CC3)C(=O)N(Cc3ccncc3)C2=O)cc1. The quantitative estimate of drug-likeness (QED) is 0.551. The van der Waals surface area contributed by atoms with Crippen LogP contribution in [0, 0.1) is 13.8 Å². The van der Waals surface area contributed by atoms with E-state index in [-0.39, 0.29) is 18.4 Å². The summed E-state index contributed by atoms with van der Waals surface area (Å²) in [4.78, 5) is 37.1. The minimum Gasteiger partial charge on any atom is -0.368 e. The molecule has 0 radical (unpaired) electrons. The molecule has 6 heteroatoms. The van der Waals surface area contributed by atoms with Crippen molar-refractivity contribution in [3.05, 3.63) is 101 Å². The van der Waals surface area contributed by atoms with E-state index in [9.17, 15) is 9.59 Å². The molecule has 0 atom stereocenters. The third kappa shape index (κ3) is 4.19. The van der Waals surface area contributed by atoms with Crippen LogP contribution in [0.15, 0.2) is 78.8 Å². The second kappa shape index (κ2) is 9.14. The van der Waals surface area contributed by atoms with Crippen molar-refractivity contribution in [3.63, 3.8) is 0 Å². The lowest BCUT2D eigenvalue weighted by molar-refractivity contribution is -0.138. The summed E-state index contributed by atoms with van der Waals surface area (Å²) in [7, 11) is 0. The molecule has 1 saturated heterocycles. The number of carbonyl (C=O) groups excluding carboxylic acids is 2. The standard InChI is InChI=1S/C28H28N4O2/c1-20-6-8-23(9-7-20)25-26(28(34)32(27(25)33)19-22-10-12-29-13-11-22)31-16-14-30(15-17-31)24-5-3-4-21(2)18-24/h3-13,18H,14-17,19H2,1-2H3. The number of piperazine rings is 1. The maximum Gasteiger partial charge on any atom is 0.278 e. The molecule has 34 heavy (non-hydrogen) atoms. The van der Waals surface area contributed by atoms with Crippen molar-refractivity contribution in [1.82, 2.24) is 14.8 Å². The Hall–Kier alpha value is -3.93. The highest BCUT2D eigenvalue weighted by Crippen LogP contribution is 2.33. The molecule has 0 unspecified atom stereocenters. The third-order valence-electron chi connectivity index (χ3n) is 6.54. The number of carbonyl (C=O) groups is 2. The Morgan fingerprint density at radius 3 is 2.12 bits per heavy atom. The Labute approximate surface area is 200 Å². The van der Waals surface area contributed by atoms with Gasteiger partial charge in [-0.1, -0.05) is 42.0 Å². The molecule has 5 rings (SSSR count). The Morgan fingerprint density at radius 1 is 0.765 bits per heavy atom. The smallest absolute Gasteiger partial charge is 0.278 e. The fourth-order valence-corrected chi connectivity index (χ4v) is 4.66. The zero-order chi connectivity index (χ0) is 23.7. The Morgan fingerprint density at radius 2 is 1.44 bits per heavy atom. The predicted octanol–water partition coefficient (Wildman–Crippen LogP) is 3.80. The van der Waals surface area contributed by atoms with Gasteiger partial charge in [0, 0.05) is 44.3 Å². The molecule has 6 nitrogen and oxygen atoms in total. The average Bonchev–Trinajstić information content (AvgIpc) is 3.10. The fourth-order valence-electron chi connectivity index (χ4n) is 4.66. The first-order chi connectivity index (χ1) is 16.5. The van der Waals surface area contributed by atoms with Gasteiger partial charge in [-0.3, -0.25) is 19.5 Å². The first-order valence-electron chi connectivity index (χ1n) is 11.6. The number of amides is 2. The normalized spacial score (nSPS) is 16.6. The molecule has 2 aromatic carbocycles. The van der Waals surface area contributed by atoms with Crippen LogP contribution in [0.25, 0.3) is 5.57 Å². The van der Waals surface area contributed by atoms with Crippen LogP contribution < -0.4 is 4.90 Å². The molecule has 0 aliphatic carbocycles. The topological polar surface area (TPSA) is 56.8 Å². The number of hydrogen-bond acceptors (Lipinski definition) is 5. The van der Waals surface area contributed by atoms with E-state index < -0.39 is 0 Å². The number of aryl methyl sites for hydroxylation is 2. The molecule has 0 spiro atoms. The minimum absolute atomic E-state index is 0.221. The molecular weight excluding hydrogens is 424 g/mol. The van der Waals surface area contributed by atoms with Crippen LogP contribution in [0.3, 0.4) is 0 Å². The maximum absolute atomic E-state index is 13.6. The van der Waals surface area contributed by atoms with Crippen LogP contribution in [-0.4, -0.2) is 52.8 Å². The van der Waals surface area contributed by atoms with E-state index in [2.05, 4.69) is 46.0 Å². The monoisotopic (exact) mass is 452 g/mol. The van der Waals surface area contributed by atoms with E-state index >= 15 is 0 Å². The first-order valence-corrected chi connectivity index (χ1v) is 11.6. The third-order valence-corrected chi connectivity index (χ3v) is 6.54. The van der Waals surface area contributed by atoms with Gasteiger partial charge in [-0.25, -0.2) is 0 Å². The molecule has 2 aliphatic rings. The highest BCUT2D eigenvalue weighted by Gasteiger charge is 2.42. The molecule has 0 N–H and O–H groups in total. The Kier molecular flexibility index (Phi) is 5.88. The summed E-state index contributed by atoms with van der Waals surface area (Å²) in [5.41, 5.74) is 6.23. The second-order valence-corrected chi connectivity index (χ2v) is 8.95. The van der Waals surface area contributed by atoms with Gasteiger partial charge in [0.25, 0.3) is 11.8 Å². The van der Waals surface area contributed by atoms with Crippen LogP contribution in [0.4, 0.5) is 5.69 Å². The second-order valence-electron chi connectivity index (χ2n) is 8.95. The number of nitrogens with zero attached hydrogens (tertiary/aromatic N) is 4. The van der Waals surface area contributed by atoms with Crippen molar-refractivity contribution in [3.8, 4) is 0 Å². The molecule has 1 aromatic heterocycles. The van der Waals surface area contributed by atoms with Crippen LogP contribution in [0.1, 0.15) is 22.3 Å². The maximum atomic E-state index is 13.6. The predicted molar refractivity (Wildman–Crippen MR) is 133 cm³/mol. The summed E-state index contributed by atoms with van der Waals surface area (Å²) < 4.78 is 0. The summed E-state index contributed by atoms with van der Waals surface area (Å²) in [5.74, 6) is -0.455. The number of hydrogen-bond donors (Lipinski definition) is 0. The summed E-state index contributed by atoms with van der Waals surface area (Å²) in [6.45, 7) is 7.29. The lowest BCUT2D eigenvalue weighted by atomic mass is 10.0. The van der Waals surface area contributed by atoms with Gasteiger partial charge in [-0.2, -0.15) is 0 Å². The zero-order valence-corrected chi connectivity index (χ0v) is 19.6. The molecule has 3 aromatic rings. The van der Waals surface area contributed by atoms with Gasteiger partial charge < -0.3 is 9.80 Å². The Balaban J connectivity index is 1.45. The van der Waals surface area contributed by atoms with Crippen LogP contribution >= 0.6 is 0 Å². The summed E-state index contributed by atoms with van der Waals surface area (Å²) >= 11 is 0. The van der Waals surface area contributed by atoms with Crippen LogP contribution in [0.5, 0.6) is 0 Å². The van der Waals surface area contributed by atoms with Gasteiger partial charge in [-0.05, 0) is 54.8 Å². The van der Waals surface area contributed by atoms with Crippen molar-refractivity contribution in [2.24, 2.45) is 0 Å². The van der Waals surface area contributed by atoms with Crippen LogP contribution in [-0.2, 0) is 16.1 Å². The number of benzene rings is 2. The highest BCUT2D eigenvalue weighted by atomic mass is 16.2. The van der Waals surface area contributed by atoms with Crippen molar-refractivity contribution < 1.29 is 9.59 Å². The van der Waals surface area contributed by atoms with Gasteiger partial charge in [0.05, 0.1) is 12.1 Å². The summed E-state index contributed by atoms with van der Waals surface area (Å²) in [5, 5.41) is 0. The minimum atomic E-state index is -0.234. The molecule has 3 heterocycles. The summed E-state index contributed by atoms with van der Waals surface area (Å²) in [6.07, 6.45) is 3.36. The Bertz CT molecular complexity index is 1240. The molecule has 172 valence electrons.